The van der Waals surface area contributed by atoms with Crippen molar-refractivity contribution in [3.8, 4) is 11.5 Å². The third kappa shape index (κ3) is 8.36. The Balaban J connectivity index is 1.48. The number of carbonyl (C=O) groups is 2. The molecule has 1 fully saturated rings. The SMILES string of the molecule is CC(C)(C)OC(=O)[C@@H](Cc1cccc(S(=O)(=O)NCc2ccc3c(c2)OCO3)c1)[C@H]1CCN(C(=O)OC(C)(C)C)C1. The second-order valence-corrected chi connectivity index (χ2v) is 14.2. The molecule has 0 radical (unpaired) electrons. The summed E-state index contributed by atoms with van der Waals surface area (Å²) in [6, 6.07) is 11.8. The number of rotatable bonds is 8. The van der Waals surface area contributed by atoms with E-state index in [1.807, 2.05) is 41.5 Å². The molecule has 1 amide bonds. The quantitative estimate of drug-likeness (QED) is 0.443. The van der Waals surface area contributed by atoms with Gasteiger partial charge in [0.1, 0.15) is 11.2 Å². The van der Waals surface area contributed by atoms with E-state index in [4.69, 9.17) is 18.9 Å². The average Bonchev–Trinajstić information content (AvgIpc) is 3.54. The van der Waals surface area contributed by atoms with Gasteiger partial charge < -0.3 is 23.8 Å². The Labute approximate surface area is 242 Å². The molecule has 2 atom stereocenters. The first-order valence-corrected chi connectivity index (χ1v) is 15.3. The van der Waals surface area contributed by atoms with Crippen molar-refractivity contribution in [2.24, 2.45) is 11.8 Å². The number of carbonyl (C=O) groups excluding carboxylic acids is 2. The summed E-state index contributed by atoms with van der Waals surface area (Å²) < 4.78 is 50.9. The zero-order valence-corrected chi connectivity index (χ0v) is 25.4. The van der Waals surface area contributed by atoms with Gasteiger partial charge in [-0.05, 0) is 95.7 Å². The number of fused-ring (bicyclic) bond motifs is 1. The summed E-state index contributed by atoms with van der Waals surface area (Å²) in [5.74, 6) is 0.0973. The highest BCUT2D eigenvalue weighted by molar-refractivity contribution is 7.89. The fourth-order valence-corrected chi connectivity index (χ4v) is 5.92. The molecule has 0 saturated carbocycles. The molecule has 1 saturated heterocycles. The van der Waals surface area contributed by atoms with Gasteiger partial charge in [0.25, 0.3) is 0 Å². The Morgan fingerprint density at radius 3 is 2.39 bits per heavy atom. The van der Waals surface area contributed by atoms with Crippen LogP contribution < -0.4 is 14.2 Å². The summed E-state index contributed by atoms with van der Waals surface area (Å²) in [7, 11) is -3.84. The van der Waals surface area contributed by atoms with Crippen LogP contribution >= 0.6 is 0 Å². The average molecular weight is 589 g/mol. The Bertz CT molecular complexity index is 1380. The lowest BCUT2D eigenvalue weighted by Crippen LogP contribution is -2.38. The number of amides is 1. The van der Waals surface area contributed by atoms with Crippen molar-refractivity contribution in [2.45, 2.75) is 77.0 Å². The van der Waals surface area contributed by atoms with Crippen molar-refractivity contribution in [3.05, 3.63) is 53.6 Å². The number of sulfonamides is 1. The molecule has 4 rings (SSSR count). The van der Waals surface area contributed by atoms with E-state index in [1.54, 1.807) is 41.3 Å². The summed E-state index contributed by atoms with van der Waals surface area (Å²) in [5.41, 5.74) is 0.0997. The van der Waals surface area contributed by atoms with E-state index in [2.05, 4.69) is 4.72 Å². The van der Waals surface area contributed by atoms with Gasteiger partial charge in [-0.3, -0.25) is 4.79 Å². The minimum absolute atomic E-state index is 0.0757. The molecule has 11 heteroatoms. The highest BCUT2D eigenvalue weighted by atomic mass is 32.2. The number of esters is 1. The largest absolute Gasteiger partial charge is 0.460 e. The molecule has 0 aromatic heterocycles. The lowest BCUT2D eigenvalue weighted by Gasteiger charge is -2.28. The number of likely N-dealkylation sites (tertiary alicyclic amines) is 1. The summed E-state index contributed by atoms with van der Waals surface area (Å²) >= 11 is 0. The fraction of sp³-hybridized carbons (Fsp3) is 0.533. The van der Waals surface area contributed by atoms with Crippen molar-refractivity contribution < 1.29 is 37.0 Å². The van der Waals surface area contributed by atoms with Gasteiger partial charge >= 0.3 is 12.1 Å². The summed E-state index contributed by atoms with van der Waals surface area (Å²) in [6.07, 6.45) is 0.468. The molecular weight excluding hydrogens is 548 g/mol. The first-order valence-electron chi connectivity index (χ1n) is 13.8. The first-order chi connectivity index (χ1) is 19.1. The van der Waals surface area contributed by atoms with E-state index >= 15 is 0 Å². The van der Waals surface area contributed by atoms with Gasteiger partial charge in [0.2, 0.25) is 16.8 Å². The van der Waals surface area contributed by atoms with Crippen LogP contribution in [0.25, 0.3) is 0 Å². The summed E-state index contributed by atoms with van der Waals surface area (Å²) in [6.45, 7) is 11.9. The number of nitrogens with zero attached hydrogens (tertiary/aromatic N) is 1. The van der Waals surface area contributed by atoms with Crippen LogP contribution in [0.5, 0.6) is 11.5 Å². The minimum atomic E-state index is -3.84. The van der Waals surface area contributed by atoms with Crippen LogP contribution in [0.4, 0.5) is 4.79 Å². The molecule has 0 aliphatic carbocycles. The Hall–Kier alpha value is -3.31. The van der Waals surface area contributed by atoms with Crippen molar-refractivity contribution in [1.29, 1.82) is 0 Å². The number of nitrogens with one attached hydrogen (secondary N) is 1. The van der Waals surface area contributed by atoms with Gasteiger partial charge in [-0.1, -0.05) is 18.2 Å². The highest BCUT2D eigenvalue weighted by Gasteiger charge is 2.39. The van der Waals surface area contributed by atoms with E-state index in [0.717, 1.165) is 5.56 Å². The molecule has 0 bridgehead atoms. The molecule has 2 aromatic carbocycles. The molecule has 224 valence electrons. The zero-order valence-electron chi connectivity index (χ0n) is 24.6. The Kier molecular flexibility index (Phi) is 8.89. The third-order valence-electron chi connectivity index (χ3n) is 6.72. The van der Waals surface area contributed by atoms with Gasteiger partial charge in [-0.15, -0.1) is 0 Å². The van der Waals surface area contributed by atoms with Gasteiger partial charge in [-0.25, -0.2) is 17.9 Å². The van der Waals surface area contributed by atoms with Crippen LogP contribution in [-0.2, 0) is 37.3 Å². The van der Waals surface area contributed by atoms with Gasteiger partial charge in [0, 0.05) is 19.6 Å². The molecule has 2 aliphatic rings. The van der Waals surface area contributed by atoms with Crippen LogP contribution in [0.3, 0.4) is 0 Å². The molecule has 41 heavy (non-hydrogen) atoms. The maximum Gasteiger partial charge on any atom is 0.410 e. The lowest BCUT2D eigenvalue weighted by molar-refractivity contribution is -0.161. The second-order valence-electron chi connectivity index (χ2n) is 12.5. The van der Waals surface area contributed by atoms with Crippen LogP contribution in [0, 0.1) is 11.8 Å². The number of hydrogen-bond donors (Lipinski definition) is 1. The molecular formula is C30H40N2O8S. The van der Waals surface area contributed by atoms with Crippen LogP contribution in [-0.4, -0.2) is 56.5 Å². The van der Waals surface area contributed by atoms with E-state index in [0.29, 0.717) is 36.6 Å². The van der Waals surface area contributed by atoms with Crippen molar-refractivity contribution in [2.75, 3.05) is 19.9 Å². The molecule has 10 nitrogen and oxygen atoms in total. The molecule has 2 aromatic rings. The maximum atomic E-state index is 13.4. The Morgan fingerprint density at radius 2 is 1.68 bits per heavy atom. The monoisotopic (exact) mass is 588 g/mol. The molecule has 0 spiro atoms. The van der Waals surface area contributed by atoms with Crippen LogP contribution in [0.2, 0.25) is 0 Å². The van der Waals surface area contributed by atoms with Crippen molar-refractivity contribution >= 4 is 22.1 Å². The minimum Gasteiger partial charge on any atom is -0.460 e. The standard InChI is InChI=1S/C30H40N2O8S/c1-29(2,3)39-27(33)24(22-12-13-32(18-22)28(34)40-30(4,5)6)15-20-8-7-9-23(14-20)41(35,36)31-17-21-10-11-25-26(16-21)38-19-37-25/h7-11,14,16,22,24,31H,12-13,15,17-19H2,1-6H3/t22-,24-/m0/s1. The number of benzene rings is 2. The maximum absolute atomic E-state index is 13.4. The van der Waals surface area contributed by atoms with Gasteiger partial charge in [0.15, 0.2) is 11.5 Å². The number of hydrogen-bond acceptors (Lipinski definition) is 8. The predicted octanol–water partition coefficient (Wildman–Crippen LogP) is 4.65. The molecule has 2 aliphatic heterocycles. The lowest BCUT2D eigenvalue weighted by atomic mass is 9.86. The van der Waals surface area contributed by atoms with E-state index in [1.165, 1.54) is 6.07 Å². The molecule has 1 N–H and O–H groups in total. The summed E-state index contributed by atoms with van der Waals surface area (Å²) in [5, 5.41) is 0. The van der Waals surface area contributed by atoms with Gasteiger partial charge in [0.05, 0.1) is 10.8 Å². The Morgan fingerprint density at radius 1 is 0.976 bits per heavy atom. The normalized spacial score (nSPS) is 17.8. The van der Waals surface area contributed by atoms with E-state index in [-0.39, 0.29) is 36.5 Å². The van der Waals surface area contributed by atoms with E-state index < -0.39 is 33.2 Å². The van der Waals surface area contributed by atoms with Gasteiger partial charge in [-0.2, -0.15) is 0 Å². The van der Waals surface area contributed by atoms with Crippen molar-refractivity contribution in [1.82, 2.24) is 9.62 Å². The topological polar surface area (TPSA) is 120 Å². The van der Waals surface area contributed by atoms with Crippen molar-refractivity contribution in [3.63, 3.8) is 0 Å². The van der Waals surface area contributed by atoms with Crippen LogP contribution in [0.1, 0.15) is 59.1 Å². The fourth-order valence-electron chi connectivity index (χ4n) is 4.83. The smallest absolute Gasteiger partial charge is 0.410 e. The first kappa shape index (κ1) is 30.6. The summed E-state index contributed by atoms with van der Waals surface area (Å²) in [4.78, 5) is 27.7. The molecule has 0 unspecified atom stereocenters. The van der Waals surface area contributed by atoms with E-state index in [9.17, 15) is 18.0 Å². The molecule has 2 heterocycles. The number of ether oxygens (including phenoxy) is 4. The third-order valence-corrected chi connectivity index (χ3v) is 8.12. The highest BCUT2D eigenvalue weighted by Crippen LogP contribution is 2.33. The van der Waals surface area contributed by atoms with Crippen LogP contribution in [0.15, 0.2) is 47.4 Å². The zero-order chi connectivity index (χ0) is 30.0. The second kappa shape index (κ2) is 11.9. The predicted molar refractivity (Wildman–Crippen MR) is 152 cm³/mol.